The molecule has 17 heavy (non-hydrogen) atoms. The molecule has 0 aliphatic heterocycles. The van der Waals surface area contributed by atoms with Crippen LogP contribution in [0.4, 0.5) is 0 Å². The molecule has 0 aliphatic rings. The maximum absolute atomic E-state index is 4.37. The fourth-order valence-electron chi connectivity index (χ4n) is 1.40. The molecular weight excluding hydrogens is 210 g/mol. The minimum Gasteiger partial charge on any atom is -0.246 e. The average molecular weight is 237 g/mol. The van der Waals surface area contributed by atoms with Crippen molar-refractivity contribution in [2.24, 2.45) is 11.8 Å². The lowest BCUT2D eigenvalue weighted by molar-refractivity contribution is 0.221. The van der Waals surface area contributed by atoms with E-state index in [9.17, 15) is 0 Å². The quantitative estimate of drug-likeness (QED) is 0.801. The van der Waals surface area contributed by atoms with Gasteiger partial charge in [0.1, 0.15) is 0 Å². The van der Waals surface area contributed by atoms with Crippen molar-refractivity contribution in [3.8, 4) is 0 Å². The van der Waals surface area contributed by atoms with Crippen LogP contribution < -0.4 is 0 Å². The first-order chi connectivity index (χ1) is 7.60. The Kier molecular flexibility index (Phi) is 3.70. The summed E-state index contributed by atoms with van der Waals surface area (Å²) in [6.45, 7) is 17.8. The summed E-state index contributed by atoms with van der Waals surface area (Å²) in [7, 11) is 0. The minimum atomic E-state index is 0.0122. The van der Waals surface area contributed by atoms with Crippen LogP contribution in [-0.4, -0.2) is 15.0 Å². The van der Waals surface area contributed by atoms with Crippen molar-refractivity contribution in [3.63, 3.8) is 0 Å². The Morgan fingerprint density at radius 1 is 1.00 bits per heavy atom. The van der Waals surface area contributed by atoms with Gasteiger partial charge in [0.25, 0.3) is 0 Å². The molecule has 3 heteroatoms. The summed E-state index contributed by atoms with van der Waals surface area (Å²) >= 11 is 0. The number of hydrogen-bond acceptors (Lipinski definition) is 2. The first-order valence-corrected chi connectivity index (χ1v) is 6.53. The van der Waals surface area contributed by atoms with Crippen molar-refractivity contribution in [2.75, 3.05) is 0 Å². The molecule has 0 fully saturated rings. The van der Waals surface area contributed by atoms with Gasteiger partial charge in [-0.15, -0.1) is 5.10 Å². The molecule has 3 nitrogen and oxygen atoms in total. The molecule has 98 valence electrons. The van der Waals surface area contributed by atoms with Gasteiger partial charge < -0.3 is 0 Å². The predicted molar refractivity (Wildman–Crippen MR) is 72.0 cm³/mol. The van der Waals surface area contributed by atoms with Crippen LogP contribution in [0.25, 0.3) is 0 Å². The summed E-state index contributed by atoms with van der Waals surface area (Å²) in [5.74, 6) is 1.08. The van der Waals surface area contributed by atoms with Crippen LogP contribution >= 0.6 is 0 Å². The van der Waals surface area contributed by atoms with Gasteiger partial charge in [0.05, 0.1) is 11.2 Å². The molecule has 1 heterocycles. The van der Waals surface area contributed by atoms with Gasteiger partial charge in [-0.05, 0) is 25.7 Å². The largest absolute Gasteiger partial charge is 0.246 e. The SMILES string of the molecule is CC(C)C(C)(C)c1cn(C(C)(C)C(C)C)nn1. The van der Waals surface area contributed by atoms with Gasteiger partial charge >= 0.3 is 0 Å². The number of aromatic nitrogens is 3. The molecule has 0 atom stereocenters. The molecule has 0 amide bonds. The minimum absolute atomic E-state index is 0.0122. The second kappa shape index (κ2) is 4.43. The number of nitrogens with zero attached hydrogens (tertiary/aromatic N) is 3. The van der Waals surface area contributed by atoms with E-state index in [1.807, 2.05) is 4.68 Å². The fraction of sp³-hybridized carbons (Fsp3) is 0.857. The molecule has 1 aromatic heterocycles. The van der Waals surface area contributed by atoms with Gasteiger partial charge in [-0.25, -0.2) is 4.68 Å². The van der Waals surface area contributed by atoms with E-state index in [1.54, 1.807) is 0 Å². The summed E-state index contributed by atoms with van der Waals surface area (Å²) in [6.07, 6.45) is 2.11. The highest BCUT2D eigenvalue weighted by molar-refractivity contribution is 5.11. The molecular formula is C14H27N3. The zero-order valence-corrected chi connectivity index (χ0v) is 12.6. The molecule has 0 aliphatic carbocycles. The maximum Gasteiger partial charge on any atom is 0.0886 e. The third-order valence-electron chi connectivity index (χ3n) is 4.60. The smallest absolute Gasteiger partial charge is 0.0886 e. The van der Waals surface area contributed by atoms with Crippen molar-refractivity contribution in [1.82, 2.24) is 15.0 Å². The van der Waals surface area contributed by atoms with Gasteiger partial charge in [-0.2, -0.15) is 0 Å². The van der Waals surface area contributed by atoms with Crippen molar-refractivity contribution in [2.45, 2.75) is 66.3 Å². The lowest BCUT2D eigenvalue weighted by atomic mass is 9.78. The Morgan fingerprint density at radius 2 is 1.53 bits per heavy atom. The Balaban J connectivity index is 3.09. The second-order valence-electron chi connectivity index (χ2n) is 6.73. The molecule has 0 bridgehead atoms. The monoisotopic (exact) mass is 237 g/mol. The van der Waals surface area contributed by atoms with E-state index in [0.29, 0.717) is 11.8 Å². The topological polar surface area (TPSA) is 30.7 Å². The fourth-order valence-corrected chi connectivity index (χ4v) is 1.40. The van der Waals surface area contributed by atoms with Crippen LogP contribution in [0.5, 0.6) is 0 Å². The third kappa shape index (κ3) is 2.53. The van der Waals surface area contributed by atoms with Gasteiger partial charge in [0, 0.05) is 11.6 Å². The Bertz CT molecular complexity index is 338. The zero-order chi connectivity index (χ0) is 13.4. The van der Waals surface area contributed by atoms with Gasteiger partial charge in [-0.3, -0.25) is 0 Å². The Hall–Kier alpha value is -0.860. The van der Waals surface area contributed by atoms with E-state index >= 15 is 0 Å². The molecule has 0 saturated heterocycles. The summed E-state index contributed by atoms with van der Waals surface area (Å²) in [6, 6.07) is 0. The van der Waals surface area contributed by atoms with Crippen LogP contribution in [0.15, 0.2) is 6.20 Å². The van der Waals surface area contributed by atoms with E-state index in [0.717, 1.165) is 5.69 Å². The van der Waals surface area contributed by atoms with Gasteiger partial charge in [-0.1, -0.05) is 46.8 Å². The lowest BCUT2D eigenvalue weighted by Crippen LogP contribution is -2.33. The Labute approximate surface area is 106 Å². The first-order valence-electron chi connectivity index (χ1n) is 6.53. The molecule has 0 N–H and O–H groups in total. The summed E-state index contributed by atoms with van der Waals surface area (Å²) in [5, 5.41) is 8.70. The van der Waals surface area contributed by atoms with Crippen LogP contribution in [-0.2, 0) is 11.0 Å². The summed E-state index contributed by atoms with van der Waals surface area (Å²) in [4.78, 5) is 0. The van der Waals surface area contributed by atoms with Crippen LogP contribution in [0.3, 0.4) is 0 Å². The van der Waals surface area contributed by atoms with E-state index in [1.165, 1.54) is 0 Å². The maximum atomic E-state index is 4.37. The average Bonchev–Trinajstić information content (AvgIpc) is 2.66. The van der Waals surface area contributed by atoms with E-state index < -0.39 is 0 Å². The highest BCUT2D eigenvalue weighted by Gasteiger charge is 2.31. The van der Waals surface area contributed by atoms with E-state index in [-0.39, 0.29) is 11.0 Å². The van der Waals surface area contributed by atoms with Crippen LogP contribution in [0, 0.1) is 11.8 Å². The van der Waals surface area contributed by atoms with E-state index in [2.05, 4.69) is 71.9 Å². The lowest BCUT2D eigenvalue weighted by Gasteiger charge is -2.30. The second-order valence-corrected chi connectivity index (χ2v) is 6.73. The summed E-state index contributed by atoms with van der Waals surface area (Å²) < 4.78 is 2.01. The highest BCUT2D eigenvalue weighted by atomic mass is 15.4. The molecule has 1 aromatic rings. The number of hydrogen-bond donors (Lipinski definition) is 0. The van der Waals surface area contributed by atoms with Crippen LogP contribution in [0.2, 0.25) is 0 Å². The van der Waals surface area contributed by atoms with Crippen LogP contribution in [0.1, 0.15) is 61.1 Å². The van der Waals surface area contributed by atoms with Crippen molar-refractivity contribution < 1.29 is 0 Å². The molecule has 0 spiro atoms. The zero-order valence-electron chi connectivity index (χ0n) is 12.6. The van der Waals surface area contributed by atoms with Crippen molar-refractivity contribution in [1.29, 1.82) is 0 Å². The van der Waals surface area contributed by atoms with Gasteiger partial charge in [0.2, 0.25) is 0 Å². The number of rotatable bonds is 4. The summed E-state index contributed by atoms with van der Waals surface area (Å²) in [5.41, 5.74) is 1.17. The predicted octanol–water partition coefficient (Wildman–Crippen LogP) is 3.60. The molecule has 0 aromatic carbocycles. The highest BCUT2D eigenvalue weighted by Crippen LogP contribution is 2.31. The normalized spacial score (nSPS) is 13.8. The molecule has 1 rings (SSSR count). The van der Waals surface area contributed by atoms with Gasteiger partial charge in [0.15, 0.2) is 0 Å². The standard InChI is InChI=1S/C14H27N3/c1-10(2)13(5,6)12-9-17(16-15-12)14(7,8)11(3)4/h9-11H,1-8H3. The van der Waals surface area contributed by atoms with Crippen molar-refractivity contribution in [3.05, 3.63) is 11.9 Å². The Morgan fingerprint density at radius 3 is 1.94 bits per heavy atom. The molecule has 0 saturated carbocycles. The molecule has 0 radical (unpaired) electrons. The molecule has 0 unspecified atom stereocenters. The third-order valence-corrected chi connectivity index (χ3v) is 4.60. The first kappa shape index (κ1) is 14.2. The van der Waals surface area contributed by atoms with E-state index in [4.69, 9.17) is 0 Å². The van der Waals surface area contributed by atoms with Crippen molar-refractivity contribution >= 4 is 0 Å².